The minimum atomic E-state index is 1.21. The van der Waals surface area contributed by atoms with Gasteiger partial charge in [-0.1, -0.05) is 36.4 Å². The van der Waals surface area contributed by atoms with E-state index in [2.05, 4.69) is 50.2 Å². The van der Waals surface area contributed by atoms with E-state index in [0.29, 0.717) is 0 Å². The number of hydrogen-bond acceptors (Lipinski definition) is 0. The molecule has 0 fully saturated rings. The van der Waals surface area contributed by atoms with Crippen LogP contribution in [0.2, 0.25) is 0 Å². The topological polar surface area (TPSA) is 0 Å². The summed E-state index contributed by atoms with van der Waals surface area (Å²) in [6.45, 7) is 4.47. The normalized spacial score (nSPS) is 13.8. The lowest BCUT2D eigenvalue weighted by molar-refractivity contribution is 0.834. The molecule has 0 N–H and O–H groups in total. The summed E-state index contributed by atoms with van der Waals surface area (Å²) < 4.78 is 0. The maximum Gasteiger partial charge on any atom is -0.0117 e. The first-order valence-corrected chi connectivity index (χ1v) is 6.45. The molecule has 0 saturated carbocycles. The molecule has 2 aromatic rings. The van der Waals surface area contributed by atoms with Crippen LogP contribution in [0.3, 0.4) is 0 Å². The Morgan fingerprint density at radius 2 is 1.18 bits per heavy atom. The fourth-order valence-corrected chi connectivity index (χ4v) is 3.06. The Morgan fingerprint density at radius 3 is 1.65 bits per heavy atom. The van der Waals surface area contributed by atoms with E-state index in [0.717, 1.165) is 0 Å². The first-order chi connectivity index (χ1) is 8.27. The first kappa shape index (κ1) is 10.6. The number of hydrogen-bond donors (Lipinski definition) is 0. The van der Waals surface area contributed by atoms with E-state index in [1.54, 1.807) is 0 Å². The van der Waals surface area contributed by atoms with Gasteiger partial charge in [-0.15, -0.1) is 0 Å². The van der Waals surface area contributed by atoms with E-state index in [4.69, 9.17) is 0 Å². The molecule has 1 aliphatic carbocycles. The molecule has 3 rings (SSSR count). The van der Waals surface area contributed by atoms with Crippen molar-refractivity contribution in [1.29, 1.82) is 0 Å². The van der Waals surface area contributed by atoms with E-state index in [1.165, 1.54) is 52.6 Å². The summed E-state index contributed by atoms with van der Waals surface area (Å²) in [5, 5.41) is 0. The number of rotatable bonds is 0. The van der Waals surface area contributed by atoms with Crippen LogP contribution in [-0.2, 0) is 12.8 Å². The third-order valence-corrected chi connectivity index (χ3v) is 3.86. The molecule has 0 aromatic heterocycles. The summed E-state index contributed by atoms with van der Waals surface area (Å²) in [5.74, 6) is 0. The zero-order chi connectivity index (χ0) is 11.8. The predicted molar refractivity (Wildman–Crippen MR) is 73.4 cm³/mol. The van der Waals surface area contributed by atoms with Crippen molar-refractivity contribution in [3.63, 3.8) is 0 Å². The smallest absolute Gasteiger partial charge is 0.0117 e. The maximum atomic E-state index is 2.30. The second-order valence-corrected chi connectivity index (χ2v) is 5.07. The Balaban J connectivity index is 2.37. The molecule has 0 amide bonds. The van der Waals surface area contributed by atoms with Crippen LogP contribution in [0.1, 0.15) is 28.7 Å². The van der Waals surface area contributed by atoms with Crippen LogP contribution >= 0.6 is 0 Å². The fourth-order valence-electron chi connectivity index (χ4n) is 3.06. The molecule has 0 bridgehead atoms. The third-order valence-electron chi connectivity index (χ3n) is 3.86. The average Bonchev–Trinajstić information content (AvgIpc) is 2.50. The Labute approximate surface area is 103 Å². The van der Waals surface area contributed by atoms with E-state index in [9.17, 15) is 0 Å². The highest BCUT2D eigenvalue weighted by Crippen LogP contribution is 2.36. The predicted octanol–water partition coefficient (Wildman–Crippen LogP) is 4.46. The van der Waals surface area contributed by atoms with Crippen molar-refractivity contribution >= 4 is 0 Å². The number of aryl methyl sites for hydroxylation is 4. The van der Waals surface area contributed by atoms with Crippen molar-refractivity contribution in [3.8, 4) is 11.1 Å². The van der Waals surface area contributed by atoms with Crippen LogP contribution in [0.25, 0.3) is 11.1 Å². The van der Waals surface area contributed by atoms with Crippen LogP contribution in [0.4, 0.5) is 0 Å². The molecule has 0 aliphatic heterocycles. The van der Waals surface area contributed by atoms with Crippen molar-refractivity contribution < 1.29 is 0 Å². The van der Waals surface area contributed by atoms with Crippen LogP contribution in [0.15, 0.2) is 36.4 Å². The highest BCUT2D eigenvalue weighted by Gasteiger charge is 2.17. The molecule has 0 heterocycles. The number of fused-ring (bicyclic) bond motifs is 3. The number of benzene rings is 2. The van der Waals surface area contributed by atoms with Gasteiger partial charge in [0.05, 0.1) is 0 Å². The molecule has 0 atom stereocenters. The minimum Gasteiger partial charge on any atom is -0.0617 e. The summed E-state index contributed by atoms with van der Waals surface area (Å²) in [5.41, 5.74) is 8.88. The van der Waals surface area contributed by atoms with E-state index < -0.39 is 0 Å². The lowest BCUT2D eigenvalue weighted by Crippen LogP contribution is -1.94. The van der Waals surface area contributed by atoms with Gasteiger partial charge >= 0.3 is 0 Å². The molecule has 2 aromatic carbocycles. The van der Waals surface area contributed by atoms with Gasteiger partial charge in [0.1, 0.15) is 0 Å². The lowest BCUT2D eigenvalue weighted by Gasteiger charge is -2.15. The molecule has 0 saturated heterocycles. The quantitative estimate of drug-likeness (QED) is 0.617. The SMILES string of the molecule is Cc1cccc2c1-c1c(C)cccc1CCC2. The summed E-state index contributed by atoms with van der Waals surface area (Å²) >= 11 is 0. The van der Waals surface area contributed by atoms with Gasteiger partial charge in [0.25, 0.3) is 0 Å². The van der Waals surface area contributed by atoms with Gasteiger partial charge in [-0.25, -0.2) is 0 Å². The zero-order valence-corrected chi connectivity index (χ0v) is 10.6. The van der Waals surface area contributed by atoms with Crippen molar-refractivity contribution in [1.82, 2.24) is 0 Å². The maximum absolute atomic E-state index is 2.30. The van der Waals surface area contributed by atoms with Crippen molar-refractivity contribution in [2.75, 3.05) is 0 Å². The van der Waals surface area contributed by atoms with Crippen molar-refractivity contribution in [3.05, 3.63) is 58.7 Å². The molecule has 0 spiro atoms. The molecule has 0 unspecified atom stereocenters. The van der Waals surface area contributed by atoms with Gasteiger partial charge in [-0.3, -0.25) is 0 Å². The second-order valence-electron chi connectivity index (χ2n) is 5.07. The Morgan fingerprint density at radius 1 is 0.706 bits per heavy atom. The molecule has 17 heavy (non-hydrogen) atoms. The molecule has 0 radical (unpaired) electrons. The monoisotopic (exact) mass is 222 g/mol. The molecule has 86 valence electrons. The molecule has 0 heteroatoms. The zero-order valence-electron chi connectivity index (χ0n) is 10.6. The summed E-state index contributed by atoms with van der Waals surface area (Å²) in [6.07, 6.45) is 3.70. The van der Waals surface area contributed by atoms with Crippen molar-refractivity contribution in [2.24, 2.45) is 0 Å². The van der Waals surface area contributed by atoms with E-state index in [-0.39, 0.29) is 0 Å². The Bertz CT molecular complexity index is 513. The molecule has 1 aliphatic rings. The van der Waals surface area contributed by atoms with Gasteiger partial charge in [0.15, 0.2) is 0 Å². The van der Waals surface area contributed by atoms with Crippen LogP contribution < -0.4 is 0 Å². The first-order valence-electron chi connectivity index (χ1n) is 6.45. The van der Waals surface area contributed by atoms with Gasteiger partial charge < -0.3 is 0 Å². The third kappa shape index (κ3) is 1.68. The Hall–Kier alpha value is -1.56. The van der Waals surface area contributed by atoms with Crippen LogP contribution in [0.5, 0.6) is 0 Å². The highest BCUT2D eigenvalue weighted by atomic mass is 14.2. The second kappa shape index (κ2) is 4.03. The Kier molecular flexibility index (Phi) is 2.51. The van der Waals surface area contributed by atoms with Gasteiger partial charge in [-0.2, -0.15) is 0 Å². The summed E-state index contributed by atoms with van der Waals surface area (Å²) in [6, 6.07) is 13.4. The van der Waals surface area contributed by atoms with Crippen LogP contribution in [-0.4, -0.2) is 0 Å². The van der Waals surface area contributed by atoms with Gasteiger partial charge in [-0.05, 0) is 66.5 Å². The van der Waals surface area contributed by atoms with Crippen molar-refractivity contribution in [2.45, 2.75) is 33.1 Å². The van der Waals surface area contributed by atoms with Gasteiger partial charge in [0.2, 0.25) is 0 Å². The summed E-state index contributed by atoms with van der Waals surface area (Å²) in [4.78, 5) is 0. The lowest BCUT2D eigenvalue weighted by atomic mass is 9.90. The molecule has 0 nitrogen and oxygen atoms in total. The van der Waals surface area contributed by atoms with Gasteiger partial charge in [0, 0.05) is 0 Å². The minimum absolute atomic E-state index is 1.21. The highest BCUT2D eigenvalue weighted by molar-refractivity contribution is 5.77. The van der Waals surface area contributed by atoms with E-state index in [1.807, 2.05) is 0 Å². The van der Waals surface area contributed by atoms with E-state index >= 15 is 0 Å². The largest absolute Gasteiger partial charge is 0.0617 e. The molecular weight excluding hydrogens is 204 g/mol. The van der Waals surface area contributed by atoms with Crippen LogP contribution in [0, 0.1) is 13.8 Å². The standard InChI is InChI=1S/C17H18/c1-12-6-3-8-14-10-5-11-15-9-4-7-13(2)17(15)16(12)14/h3-4,6-9H,5,10-11H2,1-2H3. The molecular formula is C17H18. The summed E-state index contributed by atoms with van der Waals surface area (Å²) in [7, 11) is 0. The fraction of sp³-hybridized carbons (Fsp3) is 0.294. The average molecular weight is 222 g/mol.